The van der Waals surface area contributed by atoms with Crippen molar-refractivity contribution in [3.05, 3.63) is 29.8 Å². The molecule has 0 aliphatic heterocycles. The van der Waals surface area contributed by atoms with Gasteiger partial charge in [-0.05, 0) is 24.5 Å². The van der Waals surface area contributed by atoms with Crippen LogP contribution in [-0.4, -0.2) is 10.1 Å². The Kier molecular flexibility index (Phi) is 1.84. The molecule has 2 nitrogen and oxygen atoms in total. The third kappa shape index (κ3) is 1.33. The van der Waals surface area contributed by atoms with Crippen LogP contribution in [0.4, 0.5) is 4.39 Å². The van der Waals surface area contributed by atoms with E-state index in [1.54, 1.807) is 6.07 Å². The fourth-order valence-electron chi connectivity index (χ4n) is 1.74. The van der Waals surface area contributed by atoms with Crippen LogP contribution in [0.15, 0.2) is 18.3 Å². The lowest BCUT2D eigenvalue weighted by atomic mass is 10.1. The maximum atomic E-state index is 12.5. The summed E-state index contributed by atoms with van der Waals surface area (Å²) in [6, 6.07) is 2.90. The van der Waals surface area contributed by atoms with E-state index < -0.39 is 5.60 Å². The van der Waals surface area contributed by atoms with Crippen molar-refractivity contribution in [3.63, 3.8) is 0 Å². The highest BCUT2D eigenvalue weighted by atomic mass is 19.1. The molecule has 0 amide bonds. The molecule has 0 spiro atoms. The Morgan fingerprint density at radius 2 is 2.46 bits per heavy atom. The summed E-state index contributed by atoms with van der Waals surface area (Å²) in [4.78, 5) is 3.89. The van der Waals surface area contributed by atoms with Crippen LogP contribution in [0, 0.1) is 11.7 Å². The molecule has 1 N–H and O–H groups in total. The summed E-state index contributed by atoms with van der Waals surface area (Å²) in [6.45, 7) is 2.03. The molecule has 0 saturated heterocycles. The van der Waals surface area contributed by atoms with Gasteiger partial charge in [0.05, 0.1) is 11.9 Å². The quantitative estimate of drug-likeness (QED) is 0.755. The predicted octanol–water partition coefficient (Wildman–Crippen LogP) is 1.84. The van der Waals surface area contributed by atoms with Gasteiger partial charge in [-0.2, -0.15) is 0 Å². The van der Waals surface area contributed by atoms with Gasteiger partial charge in [-0.1, -0.05) is 13.3 Å². The molecule has 1 aromatic rings. The Labute approximate surface area is 76.4 Å². The van der Waals surface area contributed by atoms with Crippen LogP contribution in [0.5, 0.6) is 0 Å². The number of aliphatic hydroxyl groups is 1. The number of rotatable bonds is 2. The van der Waals surface area contributed by atoms with Crippen molar-refractivity contribution >= 4 is 0 Å². The van der Waals surface area contributed by atoms with E-state index in [2.05, 4.69) is 4.98 Å². The predicted molar refractivity (Wildman–Crippen MR) is 46.5 cm³/mol. The zero-order chi connectivity index (χ0) is 9.47. The first-order valence-corrected chi connectivity index (χ1v) is 4.51. The first-order valence-electron chi connectivity index (χ1n) is 4.51. The molecule has 1 aliphatic rings. The number of halogens is 1. The Morgan fingerprint density at radius 3 is 2.92 bits per heavy atom. The van der Waals surface area contributed by atoms with Gasteiger partial charge in [-0.25, -0.2) is 4.39 Å². The minimum Gasteiger partial charge on any atom is -0.383 e. The Bertz CT molecular complexity index is 311. The van der Waals surface area contributed by atoms with E-state index >= 15 is 0 Å². The summed E-state index contributed by atoms with van der Waals surface area (Å²) in [5.41, 5.74) is -0.177. The largest absolute Gasteiger partial charge is 0.383 e. The van der Waals surface area contributed by atoms with Gasteiger partial charge in [0, 0.05) is 0 Å². The van der Waals surface area contributed by atoms with Gasteiger partial charge >= 0.3 is 0 Å². The normalized spacial score (nSPS) is 31.8. The van der Waals surface area contributed by atoms with E-state index in [9.17, 15) is 9.50 Å². The summed E-state index contributed by atoms with van der Waals surface area (Å²) in [5.74, 6) is -0.0634. The number of pyridine rings is 1. The molecule has 0 bridgehead atoms. The molecular weight excluding hydrogens is 169 g/mol. The molecule has 0 radical (unpaired) electrons. The Hall–Kier alpha value is -0.960. The van der Waals surface area contributed by atoms with Crippen LogP contribution >= 0.6 is 0 Å². The fraction of sp³-hybridized carbons (Fsp3) is 0.500. The van der Waals surface area contributed by atoms with Crippen molar-refractivity contribution in [3.8, 4) is 0 Å². The van der Waals surface area contributed by atoms with E-state index in [-0.39, 0.29) is 5.82 Å². The highest BCUT2D eigenvalue weighted by molar-refractivity contribution is 5.22. The van der Waals surface area contributed by atoms with Crippen LogP contribution in [0.3, 0.4) is 0 Å². The van der Waals surface area contributed by atoms with Crippen LogP contribution in [0.1, 0.15) is 25.5 Å². The lowest BCUT2D eigenvalue weighted by Crippen LogP contribution is -2.10. The maximum absolute atomic E-state index is 12.5. The van der Waals surface area contributed by atoms with Crippen molar-refractivity contribution in [1.82, 2.24) is 4.98 Å². The second kappa shape index (κ2) is 2.77. The summed E-state index contributed by atoms with van der Waals surface area (Å²) in [6.07, 6.45) is 2.84. The minimum absolute atomic E-state index is 0.297. The van der Waals surface area contributed by atoms with E-state index in [0.717, 1.165) is 19.0 Å². The topological polar surface area (TPSA) is 33.1 Å². The summed E-state index contributed by atoms with van der Waals surface area (Å²) >= 11 is 0. The average molecular weight is 181 g/mol. The standard InChI is InChI=1S/C10H12FNO/c1-2-7-5-10(7,13)9-4-3-8(11)6-12-9/h3-4,6-7,13H,2,5H2,1H3. The Morgan fingerprint density at radius 1 is 1.69 bits per heavy atom. The molecular formula is C10H12FNO. The average Bonchev–Trinajstić information content (AvgIpc) is 2.80. The van der Waals surface area contributed by atoms with Gasteiger partial charge in [0.1, 0.15) is 11.4 Å². The molecule has 1 fully saturated rings. The zero-order valence-corrected chi connectivity index (χ0v) is 7.50. The molecule has 1 aromatic heterocycles. The van der Waals surface area contributed by atoms with E-state index in [4.69, 9.17) is 0 Å². The van der Waals surface area contributed by atoms with Crippen molar-refractivity contribution in [2.75, 3.05) is 0 Å². The molecule has 3 heteroatoms. The molecule has 1 aliphatic carbocycles. The van der Waals surface area contributed by atoms with Gasteiger partial charge in [0.25, 0.3) is 0 Å². The van der Waals surface area contributed by atoms with E-state index in [1.807, 2.05) is 6.92 Å². The molecule has 13 heavy (non-hydrogen) atoms. The lowest BCUT2D eigenvalue weighted by Gasteiger charge is -2.08. The third-order valence-electron chi connectivity index (χ3n) is 2.74. The zero-order valence-electron chi connectivity index (χ0n) is 7.50. The van der Waals surface area contributed by atoms with E-state index in [1.165, 1.54) is 6.07 Å². The van der Waals surface area contributed by atoms with Gasteiger partial charge in [0.15, 0.2) is 0 Å². The van der Waals surface area contributed by atoms with Gasteiger partial charge in [-0.3, -0.25) is 4.98 Å². The summed E-state index contributed by atoms with van der Waals surface area (Å²) < 4.78 is 12.5. The second-order valence-corrected chi connectivity index (χ2v) is 3.60. The molecule has 70 valence electrons. The first-order chi connectivity index (χ1) is 6.16. The van der Waals surface area contributed by atoms with Crippen LogP contribution in [0.2, 0.25) is 0 Å². The van der Waals surface area contributed by atoms with Crippen LogP contribution < -0.4 is 0 Å². The maximum Gasteiger partial charge on any atom is 0.141 e. The van der Waals surface area contributed by atoms with Gasteiger partial charge < -0.3 is 5.11 Å². The summed E-state index contributed by atoms with van der Waals surface area (Å²) in [5, 5.41) is 9.97. The number of aromatic nitrogens is 1. The van der Waals surface area contributed by atoms with Gasteiger partial charge in [-0.15, -0.1) is 0 Å². The highest BCUT2D eigenvalue weighted by Gasteiger charge is 2.53. The number of nitrogens with zero attached hydrogens (tertiary/aromatic N) is 1. The number of hydrogen-bond donors (Lipinski definition) is 1. The van der Waals surface area contributed by atoms with Crippen molar-refractivity contribution in [2.45, 2.75) is 25.4 Å². The van der Waals surface area contributed by atoms with Crippen LogP contribution in [-0.2, 0) is 5.60 Å². The smallest absolute Gasteiger partial charge is 0.141 e. The fourth-order valence-corrected chi connectivity index (χ4v) is 1.74. The minimum atomic E-state index is -0.775. The monoisotopic (exact) mass is 181 g/mol. The van der Waals surface area contributed by atoms with Crippen molar-refractivity contribution in [2.24, 2.45) is 5.92 Å². The van der Waals surface area contributed by atoms with Crippen molar-refractivity contribution in [1.29, 1.82) is 0 Å². The number of hydrogen-bond acceptors (Lipinski definition) is 2. The molecule has 2 unspecified atom stereocenters. The van der Waals surface area contributed by atoms with Crippen molar-refractivity contribution < 1.29 is 9.50 Å². The molecule has 0 aromatic carbocycles. The molecule has 1 heterocycles. The van der Waals surface area contributed by atoms with E-state index in [0.29, 0.717) is 11.6 Å². The second-order valence-electron chi connectivity index (χ2n) is 3.60. The summed E-state index contributed by atoms with van der Waals surface area (Å²) in [7, 11) is 0. The molecule has 2 atom stereocenters. The lowest BCUT2D eigenvalue weighted by molar-refractivity contribution is 0.125. The first kappa shape index (κ1) is 8.63. The van der Waals surface area contributed by atoms with Crippen LogP contribution in [0.25, 0.3) is 0 Å². The SMILES string of the molecule is CCC1CC1(O)c1ccc(F)cn1. The van der Waals surface area contributed by atoms with Gasteiger partial charge in [0.2, 0.25) is 0 Å². The Balaban J connectivity index is 2.23. The third-order valence-corrected chi connectivity index (χ3v) is 2.74. The highest BCUT2D eigenvalue weighted by Crippen LogP contribution is 2.52. The molecule has 2 rings (SSSR count). The molecule has 1 saturated carbocycles.